The molecule has 0 bridgehead atoms. The number of carboxylic acids is 1. The summed E-state index contributed by atoms with van der Waals surface area (Å²) in [5.41, 5.74) is 0.399. The number of carboxylic acid groups (broad SMARTS) is 1. The van der Waals surface area contributed by atoms with E-state index in [1.807, 2.05) is 19.0 Å². The summed E-state index contributed by atoms with van der Waals surface area (Å²) >= 11 is 8.06. The van der Waals surface area contributed by atoms with Crippen LogP contribution in [0, 0.1) is 3.57 Å². The van der Waals surface area contributed by atoms with Gasteiger partial charge >= 0.3 is 5.97 Å². The first kappa shape index (κ1) is 17.2. The van der Waals surface area contributed by atoms with Gasteiger partial charge in [0, 0.05) is 22.2 Å². The highest BCUT2D eigenvalue weighted by atomic mass is 127. The number of benzene rings is 1. The molecule has 1 rings (SSSR count). The van der Waals surface area contributed by atoms with Gasteiger partial charge in [0.1, 0.15) is 6.54 Å². The van der Waals surface area contributed by atoms with Gasteiger partial charge in [-0.1, -0.05) is 11.6 Å². The highest BCUT2D eigenvalue weighted by Crippen LogP contribution is 2.20. The first-order valence-electron chi connectivity index (χ1n) is 5.92. The van der Waals surface area contributed by atoms with Crippen LogP contribution in [-0.2, 0) is 4.79 Å². The number of nitrogens with zero attached hydrogens (tertiary/aromatic N) is 2. The summed E-state index contributed by atoms with van der Waals surface area (Å²) in [7, 11) is 3.73. The predicted molar refractivity (Wildman–Crippen MR) is 86.3 cm³/mol. The average molecular weight is 411 g/mol. The zero-order valence-electron chi connectivity index (χ0n) is 11.3. The molecule has 5 nitrogen and oxygen atoms in total. The summed E-state index contributed by atoms with van der Waals surface area (Å²) in [4.78, 5) is 26.4. The molecule has 0 spiro atoms. The molecule has 0 aliphatic carbocycles. The van der Waals surface area contributed by atoms with Gasteiger partial charge in [0.2, 0.25) is 0 Å². The Bertz CT molecular complexity index is 508. The van der Waals surface area contributed by atoms with Crippen LogP contribution in [0.25, 0.3) is 0 Å². The maximum atomic E-state index is 12.3. The lowest BCUT2D eigenvalue weighted by Gasteiger charge is -2.22. The van der Waals surface area contributed by atoms with Crippen LogP contribution < -0.4 is 0 Å². The molecule has 0 aromatic heterocycles. The van der Waals surface area contributed by atoms with Gasteiger partial charge in [-0.05, 0) is 54.9 Å². The molecule has 0 atom stereocenters. The Balaban J connectivity index is 2.90. The third-order valence-electron chi connectivity index (χ3n) is 2.60. The van der Waals surface area contributed by atoms with E-state index in [1.165, 1.54) is 4.90 Å². The molecule has 110 valence electrons. The third kappa shape index (κ3) is 5.26. The molecule has 1 N–H and O–H groups in total. The van der Waals surface area contributed by atoms with E-state index < -0.39 is 5.97 Å². The normalized spacial score (nSPS) is 10.7. The zero-order chi connectivity index (χ0) is 15.3. The Morgan fingerprint density at radius 1 is 1.30 bits per heavy atom. The summed E-state index contributed by atoms with van der Waals surface area (Å²) in [5.74, 6) is -1.36. The first-order valence-corrected chi connectivity index (χ1v) is 7.37. The molecular weight excluding hydrogens is 395 g/mol. The van der Waals surface area contributed by atoms with Gasteiger partial charge in [0.25, 0.3) is 5.91 Å². The molecular formula is C13H16ClIN2O3. The van der Waals surface area contributed by atoms with E-state index in [9.17, 15) is 9.59 Å². The second-order valence-corrected chi connectivity index (χ2v) is 6.12. The number of aliphatic carboxylic acids is 1. The number of likely N-dealkylation sites (N-methyl/N-ethyl adjacent to an activating group) is 1. The van der Waals surface area contributed by atoms with Crippen molar-refractivity contribution in [3.63, 3.8) is 0 Å². The van der Waals surface area contributed by atoms with Gasteiger partial charge in [0.15, 0.2) is 0 Å². The molecule has 0 fully saturated rings. The number of carbonyl (C=O) groups excluding carboxylic acids is 1. The summed E-state index contributed by atoms with van der Waals surface area (Å²) in [5, 5.41) is 9.39. The molecule has 1 aromatic carbocycles. The van der Waals surface area contributed by atoms with Crippen molar-refractivity contribution in [2.75, 3.05) is 33.7 Å². The minimum atomic E-state index is -1.03. The Hall–Kier alpha value is -0.860. The number of hydrogen-bond donors (Lipinski definition) is 1. The second-order valence-electron chi connectivity index (χ2n) is 4.55. The van der Waals surface area contributed by atoms with Crippen LogP contribution in [0.2, 0.25) is 5.02 Å². The average Bonchev–Trinajstić information content (AvgIpc) is 2.36. The van der Waals surface area contributed by atoms with Crippen LogP contribution in [-0.4, -0.2) is 60.5 Å². The molecule has 1 aromatic rings. The van der Waals surface area contributed by atoms with Crippen molar-refractivity contribution >= 4 is 46.1 Å². The van der Waals surface area contributed by atoms with Gasteiger partial charge in [-0.2, -0.15) is 0 Å². The molecule has 0 aliphatic heterocycles. The van der Waals surface area contributed by atoms with E-state index in [2.05, 4.69) is 22.6 Å². The SMILES string of the molecule is CN(C)CCN(CC(=O)O)C(=O)c1ccc(I)c(Cl)c1. The van der Waals surface area contributed by atoms with Gasteiger partial charge in [-0.3, -0.25) is 9.59 Å². The predicted octanol–water partition coefficient (Wildman–Crippen LogP) is 2.03. The van der Waals surface area contributed by atoms with Gasteiger partial charge in [0.05, 0.1) is 5.02 Å². The molecule has 0 saturated carbocycles. The minimum Gasteiger partial charge on any atom is -0.480 e. The smallest absolute Gasteiger partial charge is 0.323 e. The molecule has 0 saturated heterocycles. The fourth-order valence-corrected chi connectivity index (χ4v) is 2.06. The Labute approximate surface area is 136 Å². The zero-order valence-corrected chi connectivity index (χ0v) is 14.2. The van der Waals surface area contributed by atoms with Gasteiger partial charge in [-0.25, -0.2) is 0 Å². The van der Waals surface area contributed by atoms with Crippen LogP contribution in [0.4, 0.5) is 0 Å². The van der Waals surface area contributed by atoms with E-state index in [0.29, 0.717) is 23.7 Å². The highest BCUT2D eigenvalue weighted by Gasteiger charge is 2.19. The molecule has 20 heavy (non-hydrogen) atoms. The lowest BCUT2D eigenvalue weighted by Crippen LogP contribution is -2.40. The van der Waals surface area contributed by atoms with E-state index in [4.69, 9.17) is 16.7 Å². The molecule has 0 radical (unpaired) electrons. The van der Waals surface area contributed by atoms with Crippen molar-refractivity contribution in [3.8, 4) is 0 Å². The van der Waals surface area contributed by atoms with Crippen molar-refractivity contribution in [1.82, 2.24) is 9.80 Å². The lowest BCUT2D eigenvalue weighted by atomic mass is 10.2. The van der Waals surface area contributed by atoms with Crippen LogP contribution in [0.1, 0.15) is 10.4 Å². The van der Waals surface area contributed by atoms with Crippen molar-refractivity contribution in [2.45, 2.75) is 0 Å². The largest absolute Gasteiger partial charge is 0.480 e. The van der Waals surface area contributed by atoms with Crippen molar-refractivity contribution in [1.29, 1.82) is 0 Å². The number of carbonyl (C=O) groups is 2. The van der Waals surface area contributed by atoms with Crippen LogP contribution in [0.3, 0.4) is 0 Å². The molecule has 0 unspecified atom stereocenters. The van der Waals surface area contributed by atoms with E-state index >= 15 is 0 Å². The monoisotopic (exact) mass is 410 g/mol. The Morgan fingerprint density at radius 3 is 2.45 bits per heavy atom. The number of amides is 1. The third-order valence-corrected chi connectivity index (χ3v) is 4.17. The summed E-state index contributed by atoms with van der Waals surface area (Å²) in [6.07, 6.45) is 0. The van der Waals surface area contributed by atoms with Crippen molar-refractivity contribution in [2.24, 2.45) is 0 Å². The number of halogens is 2. The molecule has 0 aliphatic rings. The fraction of sp³-hybridized carbons (Fsp3) is 0.385. The van der Waals surface area contributed by atoms with Crippen LogP contribution in [0.15, 0.2) is 18.2 Å². The number of rotatable bonds is 6. The van der Waals surface area contributed by atoms with Crippen molar-refractivity contribution in [3.05, 3.63) is 32.4 Å². The Morgan fingerprint density at radius 2 is 1.95 bits per heavy atom. The molecule has 7 heteroatoms. The first-order chi connectivity index (χ1) is 9.31. The standard InChI is InChI=1S/C13H16ClIN2O3/c1-16(2)5-6-17(8-12(18)19)13(20)9-3-4-11(15)10(14)7-9/h3-4,7H,5-6,8H2,1-2H3,(H,18,19). The highest BCUT2D eigenvalue weighted by molar-refractivity contribution is 14.1. The van der Waals surface area contributed by atoms with Crippen molar-refractivity contribution < 1.29 is 14.7 Å². The van der Waals surface area contributed by atoms with E-state index in [1.54, 1.807) is 18.2 Å². The van der Waals surface area contributed by atoms with Gasteiger partial charge < -0.3 is 14.9 Å². The van der Waals surface area contributed by atoms with Crippen LogP contribution >= 0.6 is 34.2 Å². The quantitative estimate of drug-likeness (QED) is 0.729. The van der Waals surface area contributed by atoms with E-state index in [-0.39, 0.29) is 12.5 Å². The van der Waals surface area contributed by atoms with Gasteiger partial charge in [-0.15, -0.1) is 0 Å². The topological polar surface area (TPSA) is 60.9 Å². The van der Waals surface area contributed by atoms with E-state index in [0.717, 1.165) is 3.57 Å². The second kappa shape index (κ2) is 7.80. The minimum absolute atomic E-state index is 0.323. The lowest BCUT2D eigenvalue weighted by molar-refractivity contribution is -0.137. The maximum Gasteiger partial charge on any atom is 0.323 e. The molecule has 0 heterocycles. The number of hydrogen-bond acceptors (Lipinski definition) is 3. The Kier molecular flexibility index (Phi) is 6.70. The summed E-state index contributed by atoms with van der Waals surface area (Å²) in [6.45, 7) is 0.620. The fourth-order valence-electron chi connectivity index (χ4n) is 1.55. The molecule has 1 amide bonds. The summed E-state index contributed by atoms with van der Waals surface area (Å²) in [6, 6.07) is 4.96. The maximum absolute atomic E-state index is 12.3. The summed E-state index contributed by atoms with van der Waals surface area (Å²) < 4.78 is 0.846. The van der Waals surface area contributed by atoms with Crippen LogP contribution in [0.5, 0.6) is 0 Å².